The normalized spacial score (nSPS) is 15.5. The van der Waals surface area contributed by atoms with E-state index in [9.17, 15) is 22.0 Å². The Morgan fingerprint density at radius 1 is 1.15 bits per heavy atom. The van der Waals surface area contributed by atoms with Gasteiger partial charge in [-0.25, -0.2) is 21.9 Å². The monoisotopic (exact) mass is 380 g/mol. The minimum Gasteiger partial charge on any atom is -0.345 e. The molecule has 1 fully saturated rings. The van der Waals surface area contributed by atoms with Crippen molar-refractivity contribution >= 4 is 15.9 Å². The van der Waals surface area contributed by atoms with Crippen molar-refractivity contribution in [2.75, 3.05) is 0 Å². The van der Waals surface area contributed by atoms with E-state index < -0.39 is 33.6 Å². The molecule has 8 heteroatoms. The van der Waals surface area contributed by atoms with Crippen LogP contribution in [0.2, 0.25) is 0 Å². The van der Waals surface area contributed by atoms with Crippen molar-refractivity contribution in [2.45, 2.75) is 36.7 Å². The highest BCUT2D eigenvalue weighted by Gasteiger charge is 2.28. The van der Waals surface area contributed by atoms with Crippen LogP contribution in [0.15, 0.2) is 47.4 Å². The summed E-state index contributed by atoms with van der Waals surface area (Å²) < 4.78 is 54.2. The maximum absolute atomic E-state index is 13.8. The Labute approximate surface area is 150 Å². The Morgan fingerprint density at radius 3 is 2.58 bits per heavy atom. The number of carbonyl (C=O) groups is 1. The fourth-order valence-electron chi connectivity index (χ4n) is 2.50. The van der Waals surface area contributed by atoms with Gasteiger partial charge in [0.25, 0.3) is 5.91 Å². The van der Waals surface area contributed by atoms with Crippen LogP contribution in [-0.4, -0.2) is 20.4 Å². The molecule has 2 aromatic carbocycles. The predicted octanol–water partition coefficient (Wildman–Crippen LogP) is 2.90. The lowest BCUT2D eigenvalue weighted by Crippen LogP contribution is -2.28. The highest BCUT2D eigenvalue weighted by molar-refractivity contribution is 7.89. The van der Waals surface area contributed by atoms with E-state index in [0.29, 0.717) is 0 Å². The molecule has 5 nitrogen and oxygen atoms in total. The minimum atomic E-state index is -3.69. The van der Waals surface area contributed by atoms with Crippen LogP contribution in [-0.2, 0) is 10.0 Å². The molecule has 1 atom stereocenters. The molecule has 2 N–H and O–H groups in total. The molecule has 1 saturated carbocycles. The molecule has 0 spiro atoms. The summed E-state index contributed by atoms with van der Waals surface area (Å²) in [5.74, 6) is -1.82. The molecule has 1 amide bonds. The van der Waals surface area contributed by atoms with Crippen molar-refractivity contribution in [2.24, 2.45) is 0 Å². The molecular formula is C18H18F2N2O3S. The first-order chi connectivity index (χ1) is 12.3. The van der Waals surface area contributed by atoms with Crippen molar-refractivity contribution in [3.05, 3.63) is 65.2 Å². The number of nitrogens with one attached hydrogen (secondary N) is 2. The van der Waals surface area contributed by atoms with Crippen LogP contribution < -0.4 is 10.0 Å². The third kappa shape index (κ3) is 4.25. The van der Waals surface area contributed by atoms with Crippen LogP contribution in [0.1, 0.15) is 41.7 Å². The van der Waals surface area contributed by atoms with E-state index in [2.05, 4.69) is 10.0 Å². The first-order valence-electron chi connectivity index (χ1n) is 8.14. The molecule has 0 aliphatic heterocycles. The SMILES string of the molecule is CC(NC(=O)c1cccc(S(=O)(=O)NC2CC2)c1)c1cc(F)ccc1F. The standard InChI is InChI=1S/C18H18F2N2O3S/c1-11(16-10-13(19)5-8-17(16)20)21-18(23)12-3-2-4-15(9-12)26(24,25)22-14-6-7-14/h2-5,8-11,14,22H,6-7H2,1H3,(H,21,23). The largest absolute Gasteiger partial charge is 0.345 e. The zero-order valence-corrected chi connectivity index (χ0v) is 14.8. The van der Waals surface area contributed by atoms with Gasteiger partial charge in [0.2, 0.25) is 10.0 Å². The highest BCUT2D eigenvalue weighted by Crippen LogP contribution is 2.23. The molecule has 1 unspecified atom stereocenters. The third-order valence-corrected chi connectivity index (χ3v) is 5.60. The molecule has 0 heterocycles. The second-order valence-electron chi connectivity index (χ2n) is 6.28. The van der Waals surface area contributed by atoms with Gasteiger partial charge < -0.3 is 5.32 Å². The lowest BCUT2D eigenvalue weighted by molar-refractivity contribution is 0.0939. The van der Waals surface area contributed by atoms with Gasteiger partial charge in [0.1, 0.15) is 11.6 Å². The maximum atomic E-state index is 13.8. The Kier molecular flexibility index (Phi) is 5.06. The summed E-state index contributed by atoms with van der Waals surface area (Å²) in [6.45, 7) is 1.52. The molecule has 1 aliphatic rings. The molecule has 3 rings (SSSR count). The average Bonchev–Trinajstić information content (AvgIpc) is 3.40. The second-order valence-corrected chi connectivity index (χ2v) is 8.00. The van der Waals surface area contributed by atoms with Gasteiger partial charge in [-0.1, -0.05) is 6.07 Å². The van der Waals surface area contributed by atoms with Gasteiger partial charge in [-0.05, 0) is 56.2 Å². The fourth-order valence-corrected chi connectivity index (χ4v) is 3.85. The molecule has 1 aliphatic carbocycles. The van der Waals surface area contributed by atoms with Crippen molar-refractivity contribution in [1.29, 1.82) is 0 Å². The smallest absolute Gasteiger partial charge is 0.251 e. The lowest BCUT2D eigenvalue weighted by Gasteiger charge is -2.15. The van der Waals surface area contributed by atoms with Gasteiger partial charge in [-0.15, -0.1) is 0 Å². The molecule has 0 saturated heterocycles. The summed E-state index contributed by atoms with van der Waals surface area (Å²) >= 11 is 0. The zero-order valence-electron chi connectivity index (χ0n) is 14.0. The minimum absolute atomic E-state index is 0.0116. The van der Waals surface area contributed by atoms with E-state index in [1.165, 1.54) is 31.2 Å². The van der Waals surface area contributed by atoms with Gasteiger partial charge in [-0.3, -0.25) is 4.79 Å². The van der Waals surface area contributed by atoms with E-state index in [-0.39, 0.29) is 22.1 Å². The van der Waals surface area contributed by atoms with Crippen molar-refractivity contribution in [3.63, 3.8) is 0 Å². The van der Waals surface area contributed by atoms with Crippen LogP contribution in [0.25, 0.3) is 0 Å². The van der Waals surface area contributed by atoms with Gasteiger partial charge in [-0.2, -0.15) is 0 Å². The fraction of sp³-hybridized carbons (Fsp3) is 0.278. The lowest BCUT2D eigenvalue weighted by atomic mass is 10.1. The van der Waals surface area contributed by atoms with Crippen molar-refractivity contribution in [3.8, 4) is 0 Å². The van der Waals surface area contributed by atoms with Crippen LogP contribution in [0.5, 0.6) is 0 Å². The van der Waals surface area contributed by atoms with Crippen LogP contribution in [0, 0.1) is 11.6 Å². The molecule has 0 radical (unpaired) electrons. The average molecular weight is 380 g/mol. The Balaban J connectivity index is 1.77. The summed E-state index contributed by atoms with van der Waals surface area (Å²) in [6.07, 6.45) is 1.60. The number of rotatable bonds is 6. The van der Waals surface area contributed by atoms with E-state index in [1.54, 1.807) is 0 Å². The number of sulfonamides is 1. The molecule has 0 bridgehead atoms. The number of carbonyl (C=O) groups excluding carboxylic acids is 1. The summed E-state index contributed by atoms with van der Waals surface area (Å²) in [7, 11) is -3.69. The second kappa shape index (κ2) is 7.13. The van der Waals surface area contributed by atoms with Gasteiger partial charge >= 0.3 is 0 Å². The first kappa shape index (κ1) is 18.5. The van der Waals surface area contributed by atoms with Crippen LogP contribution >= 0.6 is 0 Å². The zero-order chi connectivity index (χ0) is 18.9. The Hall–Kier alpha value is -2.32. The number of amides is 1. The third-order valence-electron chi connectivity index (χ3n) is 4.08. The Bertz CT molecular complexity index is 943. The summed E-state index contributed by atoms with van der Waals surface area (Å²) in [5, 5.41) is 2.55. The van der Waals surface area contributed by atoms with E-state index in [1.807, 2.05) is 0 Å². The Morgan fingerprint density at radius 2 is 1.88 bits per heavy atom. The molecule has 138 valence electrons. The molecule has 0 aromatic heterocycles. The maximum Gasteiger partial charge on any atom is 0.251 e. The first-order valence-corrected chi connectivity index (χ1v) is 9.63. The molecule has 26 heavy (non-hydrogen) atoms. The molecule has 2 aromatic rings. The van der Waals surface area contributed by atoms with Crippen molar-refractivity contribution < 1.29 is 22.0 Å². The predicted molar refractivity (Wildman–Crippen MR) is 92.0 cm³/mol. The van der Waals surface area contributed by atoms with Gasteiger partial charge in [0, 0.05) is 17.2 Å². The summed E-state index contributed by atoms with van der Waals surface area (Å²) in [4.78, 5) is 12.4. The van der Waals surface area contributed by atoms with E-state index in [0.717, 1.165) is 31.0 Å². The molecular weight excluding hydrogens is 362 g/mol. The number of hydrogen-bond acceptors (Lipinski definition) is 3. The highest BCUT2D eigenvalue weighted by atomic mass is 32.2. The quantitative estimate of drug-likeness (QED) is 0.809. The summed E-state index contributed by atoms with van der Waals surface area (Å²) in [6, 6.07) is 7.74. The number of halogens is 2. The number of benzene rings is 2. The number of hydrogen-bond donors (Lipinski definition) is 2. The van der Waals surface area contributed by atoms with Crippen LogP contribution in [0.3, 0.4) is 0 Å². The van der Waals surface area contributed by atoms with E-state index in [4.69, 9.17) is 0 Å². The van der Waals surface area contributed by atoms with Crippen LogP contribution in [0.4, 0.5) is 8.78 Å². The van der Waals surface area contributed by atoms with E-state index >= 15 is 0 Å². The van der Waals surface area contributed by atoms with Gasteiger partial charge in [0.05, 0.1) is 10.9 Å². The topological polar surface area (TPSA) is 75.3 Å². The summed E-state index contributed by atoms with van der Waals surface area (Å²) in [5.41, 5.74) is 0.129. The van der Waals surface area contributed by atoms with Crippen molar-refractivity contribution in [1.82, 2.24) is 10.0 Å². The van der Waals surface area contributed by atoms with Gasteiger partial charge in [0.15, 0.2) is 0 Å².